The van der Waals surface area contributed by atoms with Crippen molar-refractivity contribution >= 4 is 28.0 Å². The number of aromatic amines is 1. The monoisotopic (exact) mass is 417 g/mol. The summed E-state index contributed by atoms with van der Waals surface area (Å²) in [6.45, 7) is 1.80. The summed E-state index contributed by atoms with van der Waals surface area (Å²) >= 11 is 6.08. The summed E-state index contributed by atoms with van der Waals surface area (Å²) in [5.74, 6) is 0. The van der Waals surface area contributed by atoms with Crippen LogP contribution >= 0.6 is 11.6 Å². The first-order chi connectivity index (χ1) is 14.5. The van der Waals surface area contributed by atoms with Gasteiger partial charge in [-0.05, 0) is 25.1 Å². The highest BCUT2D eigenvalue weighted by Gasteiger charge is 2.17. The third kappa shape index (κ3) is 3.00. The zero-order valence-electron chi connectivity index (χ0n) is 15.9. The fraction of sp³-hybridized carbons (Fsp3) is 0.0909. The van der Waals surface area contributed by atoms with E-state index < -0.39 is 6.04 Å². The fourth-order valence-corrected chi connectivity index (χ4v) is 3.72. The molecule has 0 amide bonds. The Kier molecular flexibility index (Phi) is 4.25. The standard InChI is InChI=1S/C22H16ClN5O2/c1-13(27-22(30)17-8-3-2-5-15(17)12-24-27)18-11-21(29)28-20(25-18)10-19(26-28)14-6-4-7-16(23)9-14/h2-13,26H,1H3/t13-/m0/s1. The molecule has 5 aromatic rings. The first-order valence-electron chi connectivity index (χ1n) is 9.36. The summed E-state index contributed by atoms with van der Waals surface area (Å²) in [6.07, 6.45) is 1.65. The molecule has 0 spiro atoms. The van der Waals surface area contributed by atoms with Gasteiger partial charge in [0.15, 0.2) is 5.65 Å². The summed E-state index contributed by atoms with van der Waals surface area (Å²) in [6, 6.07) is 17.3. The van der Waals surface area contributed by atoms with Crippen molar-refractivity contribution in [3.05, 3.63) is 98.3 Å². The van der Waals surface area contributed by atoms with Gasteiger partial charge in [-0.1, -0.05) is 41.9 Å². The normalized spacial score (nSPS) is 12.5. The molecule has 148 valence electrons. The van der Waals surface area contributed by atoms with Crippen molar-refractivity contribution in [2.24, 2.45) is 0 Å². The first kappa shape index (κ1) is 18.3. The average molecular weight is 418 g/mol. The lowest BCUT2D eigenvalue weighted by Gasteiger charge is -2.13. The van der Waals surface area contributed by atoms with Crippen molar-refractivity contribution in [2.45, 2.75) is 13.0 Å². The molecule has 5 rings (SSSR count). The highest BCUT2D eigenvalue weighted by atomic mass is 35.5. The predicted octanol–water partition coefficient (Wildman–Crippen LogP) is 3.66. The van der Waals surface area contributed by atoms with E-state index in [9.17, 15) is 9.59 Å². The van der Waals surface area contributed by atoms with E-state index in [-0.39, 0.29) is 11.1 Å². The van der Waals surface area contributed by atoms with E-state index >= 15 is 0 Å². The molecule has 3 aromatic heterocycles. The first-order valence-corrected chi connectivity index (χ1v) is 9.74. The van der Waals surface area contributed by atoms with Crippen LogP contribution in [0.2, 0.25) is 5.02 Å². The molecule has 0 saturated carbocycles. The van der Waals surface area contributed by atoms with Gasteiger partial charge in [-0.25, -0.2) is 14.2 Å². The van der Waals surface area contributed by atoms with Crippen LogP contribution in [0, 0.1) is 0 Å². The lowest BCUT2D eigenvalue weighted by molar-refractivity contribution is 0.524. The molecule has 0 aliphatic rings. The molecule has 0 aliphatic carbocycles. The second-order valence-corrected chi connectivity index (χ2v) is 7.49. The Hall–Kier alpha value is -3.71. The van der Waals surface area contributed by atoms with Gasteiger partial charge >= 0.3 is 0 Å². The topological polar surface area (TPSA) is 85.0 Å². The molecule has 1 N–H and O–H groups in total. The smallest absolute Gasteiger partial charge is 0.275 e. The van der Waals surface area contributed by atoms with Crippen LogP contribution in [0.25, 0.3) is 27.7 Å². The quantitative estimate of drug-likeness (QED) is 0.485. The summed E-state index contributed by atoms with van der Waals surface area (Å²) in [5, 5.41) is 9.28. The second-order valence-electron chi connectivity index (χ2n) is 7.05. The predicted molar refractivity (Wildman–Crippen MR) is 116 cm³/mol. The number of rotatable bonds is 3. The van der Waals surface area contributed by atoms with Crippen molar-refractivity contribution in [3.63, 3.8) is 0 Å². The molecule has 8 heteroatoms. The van der Waals surface area contributed by atoms with Crippen LogP contribution in [0.1, 0.15) is 18.7 Å². The summed E-state index contributed by atoms with van der Waals surface area (Å²) in [5.41, 5.74) is 1.97. The van der Waals surface area contributed by atoms with Crippen LogP contribution in [-0.4, -0.2) is 24.4 Å². The highest BCUT2D eigenvalue weighted by Crippen LogP contribution is 2.22. The van der Waals surface area contributed by atoms with Gasteiger partial charge in [-0.15, -0.1) is 0 Å². The second kappa shape index (κ2) is 6.96. The van der Waals surface area contributed by atoms with E-state index in [4.69, 9.17) is 11.6 Å². The number of aromatic nitrogens is 5. The van der Waals surface area contributed by atoms with Gasteiger partial charge in [0.05, 0.1) is 29.0 Å². The maximum atomic E-state index is 12.9. The summed E-state index contributed by atoms with van der Waals surface area (Å²) in [7, 11) is 0. The van der Waals surface area contributed by atoms with E-state index in [1.54, 1.807) is 37.4 Å². The molecule has 7 nitrogen and oxygen atoms in total. The lowest BCUT2D eigenvalue weighted by Crippen LogP contribution is -2.28. The van der Waals surface area contributed by atoms with Crippen molar-refractivity contribution in [1.29, 1.82) is 0 Å². The Morgan fingerprint density at radius 1 is 1.03 bits per heavy atom. The van der Waals surface area contributed by atoms with E-state index in [0.717, 1.165) is 10.9 Å². The van der Waals surface area contributed by atoms with Crippen molar-refractivity contribution in [2.75, 3.05) is 0 Å². The van der Waals surface area contributed by atoms with Gasteiger partial charge in [0.2, 0.25) is 0 Å². The average Bonchev–Trinajstić information content (AvgIpc) is 3.19. The van der Waals surface area contributed by atoms with Crippen molar-refractivity contribution in [3.8, 4) is 11.3 Å². The highest BCUT2D eigenvalue weighted by molar-refractivity contribution is 6.30. The molecule has 0 bridgehead atoms. The Morgan fingerprint density at radius 3 is 2.70 bits per heavy atom. The molecule has 3 heterocycles. The molecular formula is C22H16ClN5O2. The number of hydrogen-bond donors (Lipinski definition) is 1. The zero-order chi connectivity index (χ0) is 20.8. The number of nitrogens with zero attached hydrogens (tertiary/aromatic N) is 4. The molecule has 0 fully saturated rings. The molecule has 0 aliphatic heterocycles. The van der Waals surface area contributed by atoms with Gasteiger partial charge in [-0.2, -0.15) is 5.10 Å². The van der Waals surface area contributed by atoms with E-state index in [1.165, 1.54) is 15.3 Å². The minimum atomic E-state index is -0.510. The van der Waals surface area contributed by atoms with E-state index in [1.807, 2.05) is 30.3 Å². The Bertz CT molecular complexity index is 1530. The Labute approximate surface area is 175 Å². The number of halogens is 1. The molecule has 30 heavy (non-hydrogen) atoms. The SMILES string of the molecule is C[C@@H](c1cc(=O)n2[nH]c(-c3cccc(Cl)c3)cc2n1)n1ncc2ccccc2c1=O. The number of fused-ring (bicyclic) bond motifs is 2. The van der Waals surface area contributed by atoms with Crippen LogP contribution in [0.3, 0.4) is 0 Å². The van der Waals surface area contributed by atoms with Crippen molar-refractivity contribution in [1.82, 2.24) is 24.4 Å². The van der Waals surface area contributed by atoms with Gasteiger partial charge < -0.3 is 0 Å². The Morgan fingerprint density at radius 2 is 1.87 bits per heavy atom. The third-order valence-electron chi connectivity index (χ3n) is 5.12. The molecule has 1 atom stereocenters. The van der Waals surface area contributed by atoms with Crippen LogP contribution in [0.15, 0.2) is 76.4 Å². The van der Waals surface area contributed by atoms with Gasteiger partial charge in [0.25, 0.3) is 11.1 Å². The van der Waals surface area contributed by atoms with E-state index in [2.05, 4.69) is 15.2 Å². The van der Waals surface area contributed by atoms with Gasteiger partial charge in [0.1, 0.15) is 0 Å². The lowest BCUT2D eigenvalue weighted by atomic mass is 10.1. The summed E-state index contributed by atoms with van der Waals surface area (Å²) < 4.78 is 2.72. The minimum Gasteiger partial charge on any atom is -0.289 e. The van der Waals surface area contributed by atoms with Crippen LogP contribution in [-0.2, 0) is 0 Å². The molecular weight excluding hydrogens is 402 g/mol. The molecule has 0 saturated heterocycles. The third-order valence-corrected chi connectivity index (χ3v) is 5.36. The molecule has 2 aromatic carbocycles. The van der Waals surface area contributed by atoms with Crippen LogP contribution in [0.4, 0.5) is 0 Å². The molecule has 0 unspecified atom stereocenters. The van der Waals surface area contributed by atoms with Gasteiger partial charge in [-0.3, -0.25) is 14.7 Å². The minimum absolute atomic E-state index is 0.226. The van der Waals surface area contributed by atoms with Crippen molar-refractivity contribution < 1.29 is 0 Å². The number of H-pyrrole nitrogens is 1. The van der Waals surface area contributed by atoms with Crippen LogP contribution in [0.5, 0.6) is 0 Å². The molecule has 0 radical (unpaired) electrons. The summed E-state index contributed by atoms with van der Waals surface area (Å²) in [4.78, 5) is 30.2. The fourth-order valence-electron chi connectivity index (χ4n) is 3.53. The number of hydrogen-bond acceptors (Lipinski definition) is 4. The maximum Gasteiger partial charge on any atom is 0.275 e. The van der Waals surface area contributed by atoms with Gasteiger partial charge in [0, 0.05) is 28.1 Å². The Balaban J connectivity index is 1.62. The maximum absolute atomic E-state index is 12.9. The van der Waals surface area contributed by atoms with E-state index in [0.29, 0.717) is 27.4 Å². The largest absolute Gasteiger partial charge is 0.289 e. The number of benzene rings is 2. The zero-order valence-corrected chi connectivity index (χ0v) is 16.7. The van der Waals surface area contributed by atoms with Crippen LogP contribution < -0.4 is 11.1 Å². The number of nitrogens with one attached hydrogen (secondary N) is 1.